The highest BCUT2D eigenvalue weighted by atomic mass is 32.1. The highest BCUT2D eigenvalue weighted by Gasteiger charge is 2.29. The fourth-order valence-corrected chi connectivity index (χ4v) is 2.42. The van der Waals surface area contributed by atoms with Crippen LogP contribution in [0.25, 0.3) is 0 Å². The lowest BCUT2D eigenvalue weighted by atomic mass is 9.82. The van der Waals surface area contributed by atoms with Gasteiger partial charge in [0.25, 0.3) is 0 Å². The van der Waals surface area contributed by atoms with Gasteiger partial charge in [-0.1, -0.05) is 26.7 Å². The number of rotatable bonds is 9. The Hall–Kier alpha value is 0.100. The Morgan fingerprint density at radius 2 is 1.53 bits per heavy atom. The van der Waals surface area contributed by atoms with Crippen molar-refractivity contribution in [2.75, 3.05) is 19.0 Å². The van der Waals surface area contributed by atoms with Gasteiger partial charge in [-0.3, -0.25) is 0 Å². The van der Waals surface area contributed by atoms with Gasteiger partial charge in [-0.05, 0) is 18.6 Å². The summed E-state index contributed by atoms with van der Waals surface area (Å²) in [5.74, 6) is 0.667. The number of alkyl halides is 3. The molecule has 0 aliphatic rings. The van der Waals surface area contributed by atoms with Gasteiger partial charge in [0.1, 0.15) is 0 Å². The quantitative estimate of drug-likeness (QED) is 0.481. The fraction of sp³-hybridized carbons (Fsp3) is 1.00. The zero-order chi connectivity index (χ0) is 13.4. The molecule has 0 bridgehead atoms. The van der Waals surface area contributed by atoms with Gasteiger partial charge in [-0.25, -0.2) is 0 Å². The number of halogens is 3. The van der Waals surface area contributed by atoms with Crippen LogP contribution < -0.4 is 0 Å². The average Bonchev–Trinajstić information content (AvgIpc) is 2.23. The van der Waals surface area contributed by atoms with Gasteiger partial charge in [0.05, 0.1) is 19.6 Å². The van der Waals surface area contributed by atoms with Crippen molar-refractivity contribution < 1.29 is 17.9 Å². The summed E-state index contributed by atoms with van der Waals surface area (Å²) in [7, 11) is 0. The van der Waals surface area contributed by atoms with Crippen LogP contribution in [-0.4, -0.2) is 25.1 Å². The molecule has 104 valence electrons. The van der Waals surface area contributed by atoms with Crippen LogP contribution in [0.2, 0.25) is 0 Å². The highest BCUT2D eigenvalue weighted by molar-refractivity contribution is 7.80. The summed E-state index contributed by atoms with van der Waals surface area (Å²) in [6.45, 7) is 4.29. The van der Waals surface area contributed by atoms with Crippen LogP contribution in [0, 0.1) is 5.41 Å². The molecule has 0 atom stereocenters. The molecule has 0 heterocycles. The molecule has 0 fully saturated rings. The number of hydrogen-bond acceptors (Lipinski definition) is 2. The van der Waals surface area contributed by atoms with Crippen molar-refractivity contribution in [1.29, 1.82) is 0 Å². The Morgan fingerprint density at radius 3 is 1.88 bits per heavy atom. The number of thiol groups is 1. The molecule has 0 aromatic carbocycles. The third kappa shape index (κ3) is 7.92. The fourth-order valence-electron chi connectivity index (χ4n) is 2.01. The van der Waals surface area contributed by atoms with Crippen LogP contribution >= 0.6 is 12.6 Å². The minimum Gasteiger partial charge on any atom is -0.380 e. The van der Waals surface area contributed by atoms with Crippen LogP contribution in [0.15, 0.2) is 0 Å². The van der Waals surface area contributed by atoms with E-state index in [4.69, 9.17) is 4.74 Å². The van der Waals surface area contributed by atoms with Crippen LogP contribution in [0.3, 0.4) is 0 Å². The zero-order valence-electron chi connectivity index (χ0n) is 10.6. The van der Waals surface area contributed by atoms with Crippen molar-refractivity contribution in [3.63, 3.8) is 0 Å². The second-order valence-corrected chi connectivity index (χ2v) is 4.89. The Bertz CT molecular complexity index is 189. The van der Waals surface area contributed by atoms with Crippen LogP contribution in [-0.2, 0) is 4.74 Å². The molecule has 0 radical (unpaired) electrons. The summed E-state index contributed by atoms with van der Waals surface area (Å²) in [5.41, 5.74) is -0.0573. The second kappa shape index (κ2) is 8.25. The molecule has 0 N–H and O–H groups in total. The Balaban J connectivity index is 4.07. The molecule has 0 saturated heterocycles. The molecule has 0 aliphatic carbocycles. The first kappa shape index (κ1) is 17.1. The molecule has 0 spiro atoms. The first-order valence-electron chi connectivity index (χ1n) is 6.14. The molecule has 0 aromatic rings. The zero-order valence-corrected chi connectivity index (χ0v) is 11.5. The maximum Gasteiger partial charge on any atom is 0.391 e. The van der Waals surface area contributed by atoms with Crippen molar-refractivity contribution in [2.45, 2.75) is 52.1 Å². The normalized spacial score (nSPS) is 13.1. The van der Waals surface area contributed by atoms with E-state index in [1.54, 1.807) is 0 Å². The summed E-state index contributed by atoms with van der Waals surface area (Å²) < 4.78 is 41.1. The van der Waals surface area contributed by atoms with Crippen molar-refractivity contribution in [3.8, 4) is 0 Å². The van der Waals surface area contributed by atoms with E-state index in [9.17, 15) is 13.2 Å². The van der Waals surface area contributed by atoms with E-state index < -0.39 is 12.6 Å². The summed E-state index contributed by atoms with van der Waals surface area (Å²) in [4.78, 5) is 0. The minimum absolute atomic E-state index is 0.0573. The summed E-state index contributed by atoms with van der Waals surface area (Å²) in [6, 6.07) is 0. The smallest absolute Gasteiger partial charge is 0.380 e. The lowest BCUT2D eigenvalue weighted by Crippen LogP contribution is -2.29. The molecule has 5 heteroatoms. The van der Waals surface area contributed by atoms with Crippen molar-refractivity contribution in [3.05, 3.63) is 0 Å². The first-order chi connectivity index (χ1) is 7.89. The topological polar surface area (TPSA) is 9.23 Å². The Morgan fingerprint density at radius 1 is 1.00 bits per heavy atom. The van der Waals surface area contributed by atoms with Gasteiger partial charge in [-0.15, -0.1) is 0 Å². The number of hydrogen-bond donors (Lipinski definition) is 1. The van der Waals surface area contributed by atoms with Gasteiger partial charge in [0.15, 0.2) is 0 Å². The molecule has 0 aliphatic heterocycles. The van der Waals surface area contributed by atoms with E-state index in [2.05, 4.69) is 26.5 Å². The maximum atomic E-state index is 12.0. The predicted molar refractivity (Wildman–Crippen MR) is 67.6 cm³/mol. The molecule has 0 amide bonds. The van der Waals surface area contributed by atoms with Crippen LogP contribution in [0.4, 0.5) is 13.2 Å². The van der Waals surface area contributed by atoms with Crippen LogP contribution in [0.5, 0.6) is 0 Å². The van der Waals surface area contributed by atoms with Crippen molar-refractivity contribution in [2.24, 2.45) is 5.41 Å². The summed E-state index contributed by atoms with van der Waals surface area (Å²) in [5, 5.41) is 0. The van der Waals surface area contributed by atoms with Gasteiger partial charge in [0.2, 0.25) is 0 Å². The molecule has 0 rings (SSSR count). The lowest BCUT2D eigenvalue weighted by molar-refractivity contribution is -0.147. The van der Waals surface area contributed by atoms with Crippen molar-refractivity contribution in [1.82, 2.24) is 0 Å². The molecular weight excluding hydrogens is 249 g/mol. The Labute approximate surface area is 108 Å². The number of ether oxygens (including phenoxy) is 1. The first-order valence-corrected chi connectivity index (χ1v) is 6.77. The van der Waals surface area contributed by atoms with E-state index in [0.717, 1.165) is 25.7 Å². The van der Waals surface area contributed by atoms with E-state index >= 15 is 0 Å². The average molecular weight is 272 g/mol. The van der Waals surface area contributed by atoms with Gasteiger partial charge in [-0.2, -0.15) is 25.8 Å². The Kier molecular flexibility index (Phi) is 8.29. The minimum atomic E-state index is -4.13. The third-order valence-electron chi connectivity index (χ3n) is 2.83. The molecule has 0 saturated carbocycles. The summed E-state index contributed by atoms with van der Waals surface area (Å²) >= 11 is 4.33. The molecule has 17 heavy (non-hydrogen) atoms. The van der Waals surface area contributed by atoms with Gasteiger partial charge in [0, 0.05) is 5.41 Å². The third-order valence-corrected chi connectivity index (χ3v) is 3.51. The molecule has 0 aromatic heterocycles. The molecule has 1 nitrogen and oxygen atoms in total. The van der Waals surface area contributed by atoms with E-state index in [1.165, 1.54) is 0 Å². The van der Waals surface area contributed by atoms with Gasteiger partial charge >= 0.3 is 6.18 Å². The summed E-state index contributed by atoms with van der Waals surface area (Å²) in [6.07, 6.45) is -1.08. The maximum absolute atomic E-state index is 12.0. The lowest BCUT2D eigenvalue weighted by Gasteiger charge is -2.31. The second-order valence-electron chi connectivity index (χ2n) is 4.58. The standard InChI is InChI=1S/C12H23F3OS/c1-3-5-11(10-17,6-4-2)9-16-8-7-12(13,14)15/h17H,3-10H2,1-2H3. The monoisotopic (exact) mass is 272 g/mol. The molecule has 0 unspecified atom stereocenters. The van der Waals surface area contributed by atoms with E-state index in [-0.39, 0.29) is 12.0 Å². The SMILES string of the molecule is CCCC(CS)(CCC)COCCC(F)(F)F. The highest BCUT2D eigenvalue weighted by Crippen LogP contribution is 2.32. The van der Waals surface area contributed by atoms with Gasteiger partial charge < -0.3 is 4.74 Å². The largest absolute Gasteiger partial charge is 0.391 e. The van der Waals surface area contributed by atoms with Crippen LogP contribution in [0.1, 0.15) is 46.0 Å². The predicted octanol–water partition coefficient (Wildman–Crippen LogP) is 4.47. The molecular formula is C12H23F3OS. The van der Waals surface area contributed by atoms with Crippen molar-refractivity contribution >= 4 is 12.6 Å². The van der Waals surface area contributed by atoms with E-state index in [1.807, 2.05) is 0 Å². The van der Waals surface area contributed by atoms with E-state index in [0.29, 0.717) is 12.4 Å².